The van der Waals surface area contributed by atoms with Gasteiger partial charge in [0.25, 0.3) is 5.90 Å². The van der Waals surface area contributed by atoms with Gasteiger partial charge >= 0.3 is 0 Å². The molecule has 0 saturated carbocycles. The highest BCUT2D eigenvalue weighted by Crippen LogP contribution is 2.06. The fourth-order valence-corrected chi connectivity index (χ4v) is 1.81. The Bertz CT molecular complexity index is 568. The number of ether oxygens (including phenoxy) is 1. The summed E-state index contributed by atoms with van der Waals surface area (Å²) in [6.07, 6.45) is 0. The van der Waals surface area contributed by atoms with E-state index in [1.165, 1.54) is 0 Å². The number of likely N-dealkylation sites (N-methyl/N-ethyl adjacent to an activating group) is 1. The summed E-state index contributed by atoms with van der Waals surface area (Å²) >= 11 is 0. The van der Waals surface area contributed by atoms with Gasteiger partial charge in [0.2, 0.25) is 0 Å². The molecular formula is C18H22N2O2. The molecule has 0 amide bonds. The van der Waals surface area contributed by atoms with Crippen LogP contribution in [0.25, 0.3) is 0 Å². The van der Waals surface area contributed by atoms with Crippen LogP contribution in [0.5, 0.6) is 0 Å². The van der Waals surface area contributed by atoms with Crippen LogP contribution in [0.2, 0.25) is 0 Å². The van der Waals surface area contributed by atoms with Crippen molar-refractivity contribution in [2.75, 3.05) is 27.2 Å². The molecule has 2 aromatic rings. The van der Waals surface area contributed by atoms with E-state index in [1.54, 1.807) is 0 Å². The van der Waals surface area contributed by atoms with Crippen molar-refractivity contribution in [1.29, 1.82) is 0 Å². The topological polar surface area (TPSA) is 34.1 Å². The minimum absolute atomic E-state index is 0.425. The van der Waals surface area contributed by atoms with E-state index in [4.69, 9.17) is 9.57 Å². The Balaban J connectivity index is 1.98. The molecule has 0 unspecified atom stereocenters. The Kier molecular flexibility index (Phi) is 6.45. The third-order valence-electron chi connectivity index (χ3n) is 3.02. The number of hydrogen-bond acceptors (Lipinski definition) is 4. The van der Waals surface area contributed by atoms with Crippen molar-refractivity contribution in [3.8, 4) is 0 Å². The number of nitrogens with zero attached hydrogens (tertiary/aromatic N) is 2. The van der Waals surface area contributed by atoms with Crippen LogP contribution in [-0.2, 0) is 16.2 Å². The Hall–Kier alpha value is -2.33. The molecule has 0 spiro atoms. The van der Waals surface area contributed by atoms with Crippen LogP contribution in [-0.4, -0.2) is 38.0 Å². The third kappa shape index (κ3) is 5.58. The maximum atomic E-state index is 5.76. The first-order valence-corrected chi connectivity index (χ1v) is 7.32. The largest absolute Gasteiger partial charge is 0.474 e. The van der Waals surface area contributed by atoms with E-state index in [-0.39, 0.29) is 0 Å². The monoisotopic (exact) mass is 298 g/mol. The molecule has 4 heteroatoms. The smallest absolute Gasteiger partial charge is 0.257 e. The van der Waals surface area contributed by atoms with E-state index in [0.29, 0.717) is 19.1 Å². The van der Waals surface area contributed by atoms with Crippen molar-refractivity contribution in [2.45, 2.75) is 6.61 Å². The molecule has 2 aromatic carbocycles. The fraction of sp³-hybridized carbons (Fsp3) is 0.278. The molecule has 0 N–H and O–H groups in total. The second kappa shape index (κ2) is 8.85. The van der Waals surface area contributed by atoms with Crippen LogP contribution < -0.4 is 0 Å². The first-order valence-electron chi connectivity index (χ1n) is 7.32. The van der Waals surface area contributed by atoms with Crippen molar-refractivity contribution >= 4 is 5.90 Å². The number of hydrogen-bond donors (Lipinski definition) is 0. The average Bonchev–Trinajstić information content (AvgIpc) is 2.55. The van der Waals surface area contributed by atoms with E-state index in [0.717, 1.165) is 17.7 Å². The molecule has 0 aromatic heterocycles. The fourth-order valence-electron chi connectivity index (χ4n) is 1.81. The molecule has 0 atom stereocenters. The molecule has 0 aliphatic heterocycles. The maximum Gasteiger partial charge on any atom is 0.257 e. The van der Waals surface area contributed by atoms with Gasteiger partial charge in [-0.15, -0.1) is 0 Å². The molecule has 0 aliphatic carbocycles. The van der Waals surface area contributed by atoms with Crippen molar-refractivity contribution in [1.82, 2.24) is 4.90 Å². The Morgan fingerprint density at radius 3 is 2.23 bits per heavy atom. The van der Waals surface area contributed by atoms with Crippen molar-refractivity contribution in [2.24, 2.45) is 5.16 Å². The lowest BCUT2D eigenvalue weighted by atomic mass is 10.2. The predicted octanol–water partition coefficient (Wildman–Crippen LogP) is 3.14. The van der Waals surface area contributed by atoms with Crippen LogP contribution >= 0.6 is 0 Å². The SMILES string of the molecule is CN(C)CCO/C(=N\OCc1ccccc1)c1ccccc1. The van der Waals surface area contributed by atoms with E-state index in [2.05, 4.69) is 10.1 Å². The highest BCUT2D eigenvalue weighted by molar-refractivity contribution is 5.93. The summed E-state index contributed by atoms with van der Waals surface area (Å²) in [5.41, 5.74) is 1.99. The second-order valence-corrected chi connectivity index (χ2v) is 5.17. The molecule has 0 fully saturated rings. The van der Waals surface area contributed by atoms with E-state index in [9.17, 15) is 0 Å². The van der Waals surface area contributed by atoms with E-state index in [1.807, 2.05) is 74.8 Å². The average molecular weight is 298 g/mol. The van der Waals surface area contributed by atoms with Gasteiger partial charge in [-0.05, 0) is 36.9 Å². The molecule has 2 rings (SSSR count). The first-order chi connectivity index (χ1) is 10.8. The van der Waals surface area contributed by atoms with Crippen LogP contribution in [0.1, 0.15) is 11.1 Å². The molecule has 4 nitrogen and oxygen atoms in total. The third-order valence-corrected chi connectivity index (χ3v) is 3.02. The molecule has 0 heterocycles. The number of rotatable bonds is 7. The number of benzene rings is 2. The standard InChI is InChI=1S/C18H22N2O2/c1-20(2)13-14-21-18(17-11-7-4-8-12-17)19-22-15-16-9-5-3-6-10-16/h3-12H,13-15H2,1-2H3/b19-18-. The van der Waals surface area contributed by atoms with Gasteiger partial charge in [-0.2, -0.15) is 0 Å². The van der Waals surface area contributed by atoms with Gasteiger partial charge in [0.1, 0.15) is 13.2 Å². The second-order valence-electron chi connectivity index (χ2n) is 5.17. The molecule has 0 radical (unpaired) electrons. The van der Waals surface area contributed by atoms with Crippen LogP contribution in [0, 0.1) is 0 Å². The highest BCUT2D eigenvalue weighted by atomic mass is 16.6. The minimum atomic E-state index is 0.425. The van der Waals surface area contributed by atoms with E-state index < -0.39 is 0 Å². The summed E-state index contributed by atoms with van der Waals surface area (Å²) in [5, 5.41) is 4.16. The van der Waals surface area contributed by atoms with Crippen LogP contribution in [0.15, 0.2) is 65.8 Å². The van der Waals surface area contributed by atoms with Gasteiger partial charge < -0.3 is 14.5 Å². The Labute approximate surface area is 132 Å². The van der Waals surface area contributed by atoms with Crippen molar-refractivity contribution in [3.05, 3.63) is 71.8 Å². The van der Waals surface area contributed by atoms with Crippen LogP contribution in [0.3, 0.4) is 0 Å². The molecular weight excluding hydrogens is 276 g/mol. The lowest BCUT2D eigenvalue weighted by Crippen LogP contribution is -2.20. The zero-order valence-corrected chi connectivity index (χ0v) is 13.1. The molecule has 22 heavy (non-hydrogen) atoms. The lowest BCUT2D eigenvalue weighted by Gasteiger charge is -2.12. The summed E-state index contributed by atoms with van der Waals surface area (Å²) < 4.78 is 5.76. The summed E-state index contributed by atoms with van der Waals surface area (Å²) in [7, 11) is 4.02. The predicted molar refractivity (Wildman–Crippen MR) is 88.7 cm³/mol. The molecule has 116 valence electrons. The summed E-state index contributed by atoms with van der Waals surface area (Å²) in [4.78, 5) is 7.51. The Morgan fingerprint density at radius 1 is 0.955 bits per heavy atom. The number of oxime groups is 1. The van der Waals surface area contributed by atoms with Gasteiger partial charge in [0, 0.05) is 12.1 Å². The first kappa shape index (κ1) is 16.0. The van der Waals surface area contributed by atoms with Crippen LogP contribution in [0.4, 0.5) is 0 Å². The Morgan fingerprint density at radius 2 is 1.59 bits per heavy atom. The lowest BCUT2D eigenvalue weighted by molar-refractivity contribution is 0.118. The summed E-state index contributed by atoms with van der Waals surface area (Å²) in [6.45, 7) is 1.81. The molecule has 0 saturated heterocycles. The van der Waals surface area contributed by atoms with Gasteiger partial charge in [-0.25, -0.2) is 0 Å². The maximum absolute atomic E-state index is 5.76. The van der Waals surface area contributed by atoms with Gasteiger partial charge in [0.15, 0.2) is 0 Å². The minimum Gasteiger partial charge on any atom is -0.474 e. The highest BCUT2D eigenvalue weighted by Gasteiger charge is 2.06. The molecule has 0 aliphatic rings. The summed E-state index contributed by atoms with van der Waals surface area (Å²) in [6, 6.07) is 19.7. The van der Waals surface area contributed by atoms with Gasteiger partial charge in [0.05, 0.1) is 0 Å². The normalized spacial score (nSPS) is 11.5. The zero-order valence-electron chi connectivity index (χ0n) is 13.1. The van der Waals surface area contributed by atoms with Crippen molar-refractivity contribution in [3.63, 3.8) is 0 Å². The van der Waals surface area contributed by atoms with Gasteiger partial charge in [-0.3, -0.25) is 0 Å². The summed E-state index contributed by atoms with van der Waals surface area (Å²) in [5.74, 6) is 0.512. The van der Waals surface area contributed by atoms with E-state index >= 15 is 0 Å². The quantitative estimate of drug-likeness (QED) is 0.447. The molecule has 0 bridgehead atoms. The zero-order chi connectivity index (χ0) is 15.6. The van der Waals surface area contributed by atoms with Gasteiger partial charge in [-0.1, -0.05) is 48.5 Å². The van der Waals surface area contributed by atoms with Crippen molar-refractivity contribution < 1.29 is 9.57 Å².